The van der Waals surface area contributed by atoms with Crippen molar-refractivity contribution in [1.82, 2.24) is 4.90 Å². The molecule has 0 bridgehead atoms. The van der Waals surface area contributed by atoms with Crippen LogP contribution in [0.3, 0.4) is 0 Å². The van der Waals surface area contributed by atoms with E-state index >= 15 is 0 Å². The third-order valence-electron chi connectivity index (χ3n) is 2.88. The molecule has 0 fully saturated rings. The summed E-state index contributed by atoms with van der Waals surface area (Å²) in [6.45, 7) is 8.56. The second-order valence-electron chi connectivity index (χ2n) is 4.39. The number of nitrogen functional groups attached to an aromatic ring is 1. The molecule has 0 amide bonds. The molecule has 0 aliphatic carbocycles. The highest BCUT2D eigenvalue weighted by atomic mass is 19.1. The zero-order chi connectivity index (χ0) is 13.7. The molecule has 0 saturated carbocycles. The molecular formula is C13H21F2N3. The van der Waals surface area contributed by atoms with Gasteiger partial charge in [0.05, 0.1) is 0 Å². The van der Waals surface area contributed by atoms with E-state index in [0.717, 1.165) is 31.8 Å². The van der Waals surface area contributed by atoms with Crippen molar-refractivity contribution in [1.29, 1.82) is 0 Å². The standard InChI is InChI=1S/C13H21F2N3/c1-4-18(5-2)8-9(3)17-13-11(14)6-10(16)7-12(13)15/h6-7,9,17H,4-5,8,16H2,1-3H3. The number of nitrogens with zero attached hydrogens (tertiary/aromatic N) is 1. The van der Waals surface area contributed by atoms with Crippen molar-refractivity contribution in [2.24, 2.45) is 0 Å². The topological polar surface area (TPSA) is 41.3 Å². The summed E-state index contributed by atoms with van der Waals surface area (Å²) >= 11 is 0. The van der Waals surface area contributed by atoms with Gasteiger partial charge in [-0.05, 0) is 32.1 Å². The first-order valence-electron chi connectivity index (χ1n) is 6.21. The van der Waals surface area contributed by atoms with Crippen LogP contribution in [0.1, 0.15) is 20.8 Å². The Hall–Kier alpha value is -1.36. The number of halogens is 2. The fourth-order valence-corrected chi connectivity index (χ4v) is 1.89. The molecule has 1 rings (SSSR count). The van der Waals surface area contributed by atoms with Gasteiger partial charge in [0.1, 0.15) is 5.69 Å². The van der Waals surface area contributed by atoms with Crippen LogP contribution in [0.2, 0.25) is 0 Å². The van der Waals surface area contributed by atoms with E-state index in [1.807, 2.05) is 6.92 Å². The largest absolute Gasteiger partial charge is 0.399 e. The summed E-state index contributed by atoms with van der Waals surface area (Å²) < 4.78 is 27.2. The van der Waals surface area contributed by atoms with Crippen molar-refractivity contribution in [2.75, 3.05) is 30.7 Å². The number of benzene rings is 1. The van der Waals surface area contributed by atoms with E-state index in [9.17, 15) is 8.78 Å². The monoisotopic (exact) mass is 257 g/mol. The van der Waals surface area contributed by atoms with E-state index in [2.05, 4.69) is 24.1 Å². The van der Waals surface area contributed by atoms with Gasteiger partial charge in [0, 0.05) is 18.3 Å². The average Bonchev–Trinajstić information content (AvgIpc) is 2.30. The molecule has 3 N–H and O–H groups in total. The average molecular weight is 257 g/mol. The third-order valence-corrected chi connectivity index (χ3v) is 2.88. The second-order valence-corrected chi connectivity index (χ2v) is 4.39. The molecular weight excluding hydrogens is 236 g/mol. The Morgan fingerprint density at radius 3 is 2.17 bits per heavy atom. The second kappa shape index (κ2) is 6.54. The molecule has 0 aliphatic heterocycles. The maximum atomic E-state index is 13.6. The molecule has 3 nitrogen and oxygen atoms in total. The van der Waals surface area contributed by atoms with Crippen molar-refractivity contribution < 1.29 is 8.78 Å². The van der Waals surface area contributed by atoms with Crippen LogP contribution in [0.15, 0.2) is 12.1 Å². The van der Waals surface area contributed by atoms with E-state index < -0.39 is 11.6 Å². The number of anilines is 2. The zero-order valence-electron chi connectivity index (χ0n) is 11.1. The van der Waals surface area contributed by atoms with Gasteiger partial charge in [0.25, 0.3) is 0 Å². The Balaban J connectivity index is 2.73. The molecule has 0 radical (unpaired) electrons. The van der Waals surface area contributed by atoms with Gasteiger partial charge in [-0.15, -0.1) is 0 Å². The third kappa shape index (κ3) is 3.84. The normalized spacial score (nSPS) is 12.8. The molecule has 1 atom stereocenters. The minimum atomic E-state index is -0.654. The fraction of sp³-hybridized carbons (Fsp3) is 0.538. The Bertz CT molecular complexity index is 369. The van der Waals surface area contributed by atoms with Crippen LogP contribution in [0.5, 0.6) is 0 Å². The van der Waals surface area contributed by atoms with Gasteiger partial charge >= 0.3 is 0 Å². The first-order valence-corrected chi connectivity index (χ1v) is 6.21. The summed E-state index contributed by atoms with van der Waals surface area (Å²) in [7, 11) is 0. The summed E-state index contributed by atoms with van der Waals surface area (Å²) in [6.07, 6.45) is 0. The summed E-state index contributed by atoms with van der Waals surface area (Å²) in [5, 5.41) is 2.86. The van der Waals surface area contributed by atoms with Gasteiger partial charge in [0.15, 0.2) is 11.6 Å². The lowest BCUT2D eigenvalue weighted by atomic mass is 10.2. The molecule has 0 heterocycles. The predicted octanol–water partition coefficient (Wildman–Crippen LogP) is 2.69. The van der Waals surface area contributed by atoms with Crippen LogP contribution in [-0.2, 0) is 0 Å². The van der Waals surface area contributed by atoms with Gasteiger partial charge in [0.2, 0.25) is 0 Å². The molecule has 0 saturated heterocycles. The van der Waals surface area contributed by atoms with Gasteiger partial charge in [-0.1, -0.05) is 13.8 Å². The van der Waals surface area contributed by atoms with E-state index in [1.54, 1.807) is 0 Å². The lowest BCUT2D eigenvalue weighted by molar-refractivity contribution is 0.294. The molecule has 18 heavy (non-hydrogen) atoms. The highest BCUT2D eigenvalue weighted by Gasteiger charge is 2.14. The smallest absolute Gasteiger partial charge is 0.151 e. The maximum absolute atomic E-state index is 13.6. The first-order chi connectivity index (χ1) is 8.47. The number of hydrogen-bond donors (Lipinski definition) is 2. The van der Waals surface area contributed by atoms with Crippen LogP contribution in [-0.4, -0.2) is 30.6 Å². The predicted molar refractivity (Wildman–Crippen MR) is 71.6 cm³/mol. The van der Waals surface area contributed by atoms with E-state index in [4.69, 9.17) is 5.73 Å². The van der Waals surface area contributed by atoms with Gasteiger partial charge in [-0.3, -0.25) is 0 Å². The molecule has 5 heteroatoms. The number of nitrogens with two attached hydrogens (primary N) is 1. The summed E-state index contributed by atoms with van der Waals surface area (Å²) in [4.78, 5) is 2.19. The highest BCUT2D eigenvalue weighted by molar-refractivity contribution is 5.54. The molecule has 1 unspecified atom stereocenters. The molecule has 0 aromatic heterocycles. The Labute approximate surface area is 107 Å². The maximum Gasteiger partial charge on any atom is 0.151 e. The van der Waals surface area contributed by atoms with Gasteiger partial charge in [-0.25, -0.2) is 8.78 Å². The number of hydrogen-bond acceptors (Lipinski definition) is 3. The molecule has 0 aliphatic rings. The Morgan fingerprint density at radius 1 is 1.22 bits per heavy atom. The van der Waals surface area contributed by atoms with E-state index in [-0.39, 0.29) is 17.4 Å². The van der Waals surface area contributed by atoms with Crippen molar-refractivity contribution in [3.05, 3.63) is 23.8 Å². The Kier molecular flexibility index (Phi) is 5.34. The van der Waals surface area contributed by atoms with Crippen LogP contribution >= 0.6 is 0 Å². The zero-order valence-corrected chi connectivity index (χ0v) is 11.1. The van der Waals surface area contributed by atoms with E-state index in [1.165, 1.54) is 0 Å². The van der Waals surface area contributed by atoms with Crippen LogP contribution in [0, 0.1) is 11.6 Å². The SMILES string of the molecule is CCN(CC)CC(C)Nc1c(F)cc(N)cc1F. The molecule has 102 valence electrons. The minimum absolute atomic E-state index is 0.0440. The van der Waals surface area contributed by atoms with E-state index in [0.29, 0.717) is 0 Å². The van der Waals surface area contributed by atoms with Crippen molar-refractivity contribution >= 4 is 11.4 Å². The number of likely N-dealkylation sites (N-methyl/N-ethyl adjacent to an activating group) is 1. The Morgan fingerprint density at radius 2 is 1.72 bits per heavy atom. The summed E-state index contributed by atoms with van der Waals surface area (Å²) in [5.74, 6) is -1.31. The van der Waals surface area contributed by atoms with Gasteiger partial charge in [-0.2, -0.15) is 0 Å². The van der Waals surface area contributed by atoms with Crippen molar-refractivity contribution in [2.45, 2.75) is 26.8 Å². The molecule has 1 aromatic carbocycles. The van der Waals surface area contributed by atoms with Gasteiger partial charge < -0.3 is 16.0 Å². The molecule has 1 aromatic rings. The minimum Gasteiger partial charge on any atom is -0.399 e. The molecule has 0 spiro atoms. The lowest BCUT2D eigenvalue weighted by Gasteiger charge is -2.24. The van der Waals surface area contributed by atoms with Crippen LogP contribution in [0.25, 0.3) is 0 Å². The highest BCUT2D eigenvalue weighted by Crippen LogP contribution is 2.22. The van der Waals surface area contributed by atoms with Crippen molar-refractivity contribution in [3.8, 4) is 0 Å². The quantitative estimate of drug-likeness (QED) is 0.770. The summed E-state index contributed by atoms with van der Waals surface area (Å²) in [6, 6.07) is 2.20. The summed E-state index contributed by atoms with van der Waals surface area (Å²) in [5.41, 5.74) is 5.35. The van der Waals surface area contributed by atoms with Crippen LogP contribution in [0.4, 0.5) is 20.2 Å². The fourth-order valence-electron chi connectivity index (χ4n) is 1.89. The first kappa shape index (κ1) is 14.7. The lowest BCUT2D eigenvalue weighted by Crippen LogP contribution is -2.35. The number of nitrogens with one attached hydrogen (secondary N) is 1. The number of rotatable bonds is 6. The van der Waals surface area contributed by atoms with Crippen molar-refractivity contribution in [3.63, 3.8) is 0 Å². The van der Waals surface area contributed by atoms with Crippen LogP contribution < -0.4 is 11.1 Å².